The second-order valence-electron chi connectivity index (χ2n) is 5.88. The Kier molecular flexibility index (Phi) is 6.54. The van der Waals surface area contributed by atoms with Gasteiger partial charge in [0, 0.05) is 11.4 Å². The van der Waals surface area contributed by atoms with Gasteiger partial charge in [0.1, 0.15) is 5.75 Å². The number of hydrogen-bond donors (Lipinski definition) is 1. The summed E-state index contributed by atoms with van der Waals surface area (Å²) in [6.07, 6.45) is 2.10. The van der Waals surface area contributed by atoms with Crippen molar-refractivity contribution in [2.24, 2.45) is 4.99 Å². The summed E-state index contributed by atoms with van der Waals surface area (Å²) in [5.74, 6) is 1.33. The van der Waals surface area contributed by atoms with Gasteiger partial charge in [-0.25, -0.2) is 4.99 Å². The average molecular weight is 382 g/mol. The zero-order valence-corrected chi connectivity index (χ0v) is 16.2. The first-order valence-corrected chi connectivity index (χ1v) is 9.73. The van der Waals surface area contributed by atoms with Gasteiger partial charge in [0.15, 0.2) is 0 Å². The smallest absolute Gasteiger partial charge is 0.311 e. The van der Waals surface area contributed by atoms with Crippen LogP contribution >= 0.6 is 11.8 Å². The molecular formula is C21H22N2O3S. The summed E-state index contributed by atoms with van der Waals surface area (Å²) in [4.78, 5) is 16.7. The van der Waals surface area contributed by atoms with Gasteiger partial charge >= 0.3 is 5.97 Å². The summed E-state index contributed by atoms with van der Waals surface area (Å²) in [6, 6.07) is 15.8. The van der Waals surface area contributed by atoms with Gasteiger partial charge in [0.2, 0.25) is 0 Å². The molecule has 0 unspecified atom stereocenters. The van der Waals surface area contributed by atoms with Gasteiger partial charge in [-0.2, -0.15) is 0 Å². The van der Waals surface area contributed by atoms with Crippen molar-refractivity contribution in [3.8, 4) is 5.75 Å². The zero-order valence-electron chi connectivity index (χ0n) is 15.4. The molecule has 27 heavy (non-hydrogen) atoms. The van der Waals surface area contributed by atoms with E-state index in [0.29, 0.717) is 6.61 Å². The summed E-state index contributed by atoms with van der Waals surface area (Å²) in [5, 5.41) is 4.15. The molecule has 0 radical (unpaired) electrons. The van der Waals surface area contributed by atoms with Crippen molar-refractivity contribution in [3.63, 3.8) is 0 Å². The summed E-state index contributed by atoms with van der Waals surface area (Å²) >= 11 is 1.62. The van der Waals surface area contributed by atoms with E-state index in [4.69, 9.17) is 14.5 Å². The lowest BCUT2D eigenvalue weighted by atomic mass is 10.2. The highest BCUT2D eigenvalue weighted by Gasteiger charge is 2.14. The number of fused-ring (bicyclic) bond motifs is 1. The fourth-order valence-electron chi connectivity index (χ4n) is 2.64. The summed E-state index contributed by atoms with van der Waals surface area (Å²) in [7, 11) is 1.66. The number of methoxy groups -OCH3 is 1. The number of rotatable bonds is 6. The highest BCUT2D eigenvalue weighted by Crippen LogP contribution is 2.32. The van der Waals surface area contributed by atoms with E-state index in [-0.39, 0.29) is 12.4 Å². The zero-order chi connectivity index (χ0) is 19.1. The molecule has 1 aliphatic heterocycles. The largest absolute Gasteiger partial charge is 0.497 e. The molecule has 0 amide bonds. The Hall–Kier alpha value is -2.73. The molecule has 1 heterocycles. The second kappa shape index (κ2) is 9.28. The summed E-state index contributed by atoms with van der Waals surface area (Å²) in [6.45, 7) is 2.17. The van der Waals surface area contributed by atoms with Gasteiger partial charge in [0.25, 0.3) is 0 Å². The average Bonchev–Trinajstić information content (AvgIpc) is 2.85. The Bertz CT molecular complexity index is 877. The number of benzene rings is 2. The lowest BCUT2D eigenvalue weighted by molar-refractivity contribution is -0.142. The molecule has 0 spiro atoms. The Balaban J connectivity index is 1.81. The number of esters is 1. The third-order valence-electron chi connectivity index (χ3n) is 3.89. The van der Waals surface area contributed by atoms with Crippen molar-refractivity contribution in [1.29, 1.82) is 0 Å². The van der Waals surface area contributed by atoms with E-state index in [2.05, 4.69) is 11.4 Å². The van der Waals surface area contributed by atoms with Crippen molar-refractivity contribution < 1.29 is 14.3 Å². The fourth-order valence-corrected chi connectivity index (χ4v) is 3.52. The highest BCUT2D eigenvalue weighted by molar-refractivity contribution is 8.13. The molecule has 0 saturated heterocycles. The van der Waals surface area contributed by atoms with Crippen molar-refractivity contribution in [3.05, 3.63) is 65.9 Å². The number of aliphatic imine (C=N–C) groups is 1. The van der Waals surface area contributed by atoms with E-state index in [1.807, 2.05) is 48.5 Å². The van der Waals surface area contributed by atoms with Gasteiger partial charge < -0.3 is 14.8 Å². The number of hydrogen-bond acceptors (Lipinski definition) is 6. The molecule has 0 bridgehead atoms. The Labute approximate surface area is 163 Å². The molecule has 6 heteroatoms. The van der Waals surface area contributed by atoms with E-state index in [9.17, 15) is 4.79 Å². The van der Waals surface area contributed by atoms with Gasteiger partial charge in [-0.15, -0.1) is 11.8 Å². The summed E-state index contributed by atoms with van der Waals surface area (Å²) < 4.78 is 10.4. The first kappa shape index (κ1) is 19.0. The van der Waals surface area contributed by atoms with Gasteiger partial charge in [0.05, 0.1) is 36.6 Å². The van der Waals surface area contributed by atoms with Crippen molar-refractivity contribution in [2.75, 3.05) is 19.0 Å². The molecule has 3 rings (SSSR count). The van der Waals surface area contributed by atoms with Crippen LogP contribution in [-0.2, 0) is 15.3 Å². The van der Waals surface area contributed by atoms with Gasteiger partial charge in [-0.3, -0.25) is 4.79 Å². The molecule has 0 fully saturated rings. The standard InChI is InChI=1S/C21H22N2O3S/c1-3-26-21(24)13-16-12-20(23-19-10-5-4-9-18(19)22-16)27-14-15-7-6-8-17(11-15)25-2/h4-12,22H,3,13-14H2,1-2H3. The van der Waals surface area contributed by atoms with Crippen LogP contribution in [0.25, 0.3) is 0 Å². The minimum atomic E-state index is -0.257. The molecule has 1 aliphatic rings. The Morgan fingerprint density at radius 1 is 1.19 bits per heavy atom. The fraction of sp³-hybridized carbons (Fsp3) is 0.238. The minimum Gasteiger partial charge on any atom is -0.497 e. The van der Waals surface area contributed by atoms with Crippen LogP contribution in [0.5, 0.6) is 5.75 Å². The topological polar surface area (TPSA) is 59.9 Å². The molecule has 1 N–H and O–H groups in total. The molecule has 140 valence electrons. The summed E-state index contributed by atoms with van der Waals surface area (Å²) in [5.41, 5.74) is 3.65. The minimum absolute atomic E-state index is 0.181. The number of anilines is 1. The first-order valence-electron chi connectivity index (χ1n) is 8.74. The molecule has 2 aromatic carbocycles. The number of nitrogens with zero attached hydrogens (tertiary/aromatic N) is 1. The van der Waals surface area contributed by atoms with Crippen LogP contribution in [0, 0.1) is 0 Å². The predicted octanol–water partition coefficient (Wildman–Crippen LogP) is 4.92. The van der Waals surface area contributed by atoms with Crippen molar-refractivity contribution >= 4 is 34.1 Å². The lowest BCUT2D eigenvalue weighted by Crippen LogP contribution is -2.10. The number of nitrogens with one attached hydrogen (secondary N) is 1. The second-order valence-corrected chi connectivity index (χ2v) is 6.88. The number of para-hydroxylation sites is 2. The van der Waals surface area contributed by atoms with Gasteiger partial charge in [-0.05, 0) is 42.8 Å². The van der Waals surface area contributed by atoms with Crippen LogP contribution in [0.1, 0.15) is 18.9 Å². The number of carbonyl (C=O) groups excluding carboxylic acids is 1. The number of carbonyl (C=O) groups is 1. The van der Waals surface area contributed by atoms with Crippen molar-refractivity contribution in [1.82, 2.24) is 0 Å². The van der Waals surface area contributed by atoms with Crippen LogP contribution in [0.4, 0.5) is 11.4 Å². The quantitative estimate of drug-likeness (QED) is 0.719. The molecular weight excluding hydrogens is 360 g/mol. The van der Waals surface area contributed by atoms with Crippen LogP contribution in [-0.4, -0.2) is 24.7 Å². The molecule has 5 nitrogen and oxygen atoms in total. The Morgan fingerprint density at radius 3 is 2.85 bits per heavy atom. The van der Waals surface area contributed by atoms with E-state index in [0.717, 1.165) is 39.2 Å². The first-order chi connectivity index (χ1) is 13.2. The lowest BCUT2D eigenvalue weighted by Gasteiger charge is -2.10. The number of thioether (sulfide) groups is 1. The normalized spacial score (nSPS) is 12.8. The van der Waals surface area contributed by atoms with E-state index in [1.165, 1.54) is 0 Å². The van der Waals surface area contributed by atoms with E-state index >= 15 is 0 Å². The third kappa shape index (κ3) is 5.37. The molecule has 0 aromatic heterocycles. The maximum Gasteiger partial charge on any atom is 0.311 e. The van der Waals surface area contributed by atoms with Crippen LogP contribution < -0.4 is 10.1 Å². The van der Waals surface area contributed by atoms with E-state index < -0.39 is 0 Å². The van der Waals surface area contributed by atoms with Crippen molar-refractivity contribution in [2.45, 2.75) is 19.1 Å². The molecule has 0 aliphatic carbocycles. The van der Waals surface area contributed by atoms with Gasteiger partial charge in [-0.1, -0.05) is 24.3 Å². The molecule has 0 saturated carbocycles. The monoisotopic (exact) mass is 382 g/mol. The maximum absolute atomic E-state index is 11.9. The SMILES string of the molecule is CCOC(=O)CC1=CC(SCc2cccc(OC)c2)=Nc2ccccc2N1. The Morgan fingerprint density at radius 2 is 2.04 bits per heavy atom. The molecule has 0 atom stereocenters. The maximum atomic E-state index is 11.9. The third-order valence-corrected chi connectivity index (χ3v) is 4.87. The van der Waals surface area contributed by atoms with Crippen LogP contribution in [0.3, 0.4) is 0 Å². The predicted molar refractivity (Wildman–Crippen MR) is 111 cm³/mol. The van der Waals surface area contributed by atoms with Crippen LogP contribution in [0.15, 0.2) is 65.3 Å². The number of ether oxygens (including phenoxy) is 2. The molecule has 2 aromatic rings. The van der Waals surface area contributed by atoms with E-state index in [1.54, 1.807) is 25.8 Å². The highest BCUT2D eigenvalue weighted by atomic mass is 32.2. The van der Waals surface area contributed by atoms with Crippen LogP contribution in [0.2, 0.25) is 0 Å².